The maximum absolute atomic E-state index is 13.1. The fourth-order valence-electron chi connectivity index (χ4n) is 1.74. The summed E-state index contributed by atoms with van der Waals surface area (Å²) < 4.78 is 41.3. The molecule has 7 heteroatoms. The second-order valence-electron chi connectivity index (χ2n) is 4.45. The molecule has 2 N–H and O–H groups in total. The molecule has 0 fully saturated rings. The predicted octanol–water partition coefficient (Wildman–Crippen LogP) is 4.38. The number of hydrogen-bond donors (Lipinski definition) is 2. The van der Waals surface area contributed by atoms with Gasteiger partial charge in [0, 0.05) is 11.4 Å². The number of benzene rings is 2. The molecule has 0 atom stereocenters. The monoisotopic (exact) mass is 310 g/mol. The molecule has 0 bridgehead atoms. The summed E-state index contributed by atoms with van der Waals surface area (Å²) in [5.74, 6) is -0.365. The van der Waals surface area contributed by atoms with Crippen molar-refractivity contribution in [3.05, 3.63) is 53.8 Å². The van der Waals surface area contributed by atoms with Crippen LogP contribution in [-0.4, -0.2) is 12.6 Å². The molecule has 0 radical (unpaired) electrons. The first-order chi connectivity index (χ1) is 10.4. The zero-order chi connectivity index (χ0) is 16.1. The van der Waals surface area contributed by atoms with Gasteiger partial charge < -0.3 is 15.4 Å². The largest absolute Gasteiger partial charge is 0.435 e. The van der Waals surface area contributed by atoms with Crippen molar-refractivity contribution in [3.8, 4) is 5.75 Å². The van der Waals surface area contributed by atoms with Gasteiger partial charge >= 0.3 is 12.6 Å². The Labute approximate surface area is 124 Å². The summed E-state index contributed by atoms with van der Waals surface area (Å²) in [6.45, 7) is -1.32. The third-order valence-electron chi connectivity index (χ3n) is 2.75. The van der Waals surface area contributed by atoms with Crippen molar-refractivity contribution in [3.63, 3.8) is 0 Å². The Morgan fingerprint density at radius 2 is 1.64 bits per heavy atom. The quantitative estimate of drug-likeness (QED) is 0.880. The summed E-state index contributed by atoms with van der Waals surface area (Å²) in [4.78, 5) is 11.8. The number of alkyl halides is 2. The highest BCUT2D eigenvalue weighted by Crippen LogP contribution is 2.18. The van der Waals surface area contributed by atoms with E-state index in [1.165, 1.54) is 42.5 Å². The second-order valence-corrected chi connectivity index (χ2v) is 4.45. The third-order valence-corrected chi connectivity index (χ3v) is 2.75. The maximum Gasteiger partial charge on any atom is 0.387 e. The van der Waals surface area contributed by atoms with Gasteiger partial charge in [-0.2, -0.15) is 8.78 Å². The van der Waals surface area contributed by atoms with Crippen LogP contribution in [-0.2, 0) is 0 Å². The minimum absolute atomic E-state index is 0.00452. The lowest BCUT2D eigenvalue weighted by molar-refractivity contribution is -0.0498. The fraction of sp³-hybridized carbons (Fsp3) is 0.133. The Morgan fingerprint density at radius 1 is 1.05 bits per heavy atom. The molecule has 4 nitrogen and oxygen atoms in total. The summed E-state index contributed by atoms with van der Waals surface area (Å²) in [7, 11) is 0. The van der Waals surface area contributed by atoms with E-state index in [0.29, 0.717) is 16.9 Å². The number of aryl methyl sites for hydroxylation is 1. The topological polar surface area (TPSA) is 50.4 Å². The van der Waals surface area contributed by atoms with Crippen LogP contribution in [0.15, 0.2) is 42.5 Å². The van der Waals surface area contributed by atoms with Crippen LogP contribution < -0.4 is 15.4 Å². The molecular formula is C15H13F3N2O2. The van der Waals surface area contributed by atoms with Gasteiger partial charge in [-0.15, -0.1) is 0 Å². The highest BCUT2D eigenvalue weighted by molar-refractivity contribution is 5.99. The Morgan fingerprint density at radius 3 is 2.23 bits per heavy atom. The van der Waals surface area contributed by atoms with Gasteiger partial charge in [0.2, 0.25) is 0 Å². The highest BCUT2D eigenvalue weighted by Gasteiger charge is 2.06. The summed E-state index contributed by atoms with van der Waals surface area (Å²) in [5, 5.41) is 5.06. The van der Waals surface area contributed by atoms with Gasteiger partial charge in [0.05, 0.1) is 0 Å². The number of halogens is 3. The molecule has 0 aromatic heterocycles. The number of carbonyl (C=O) groups is 1. The van der Waals surface area contributed by atoms with Crippen molar-refractivity contribution in [2.45, 2.75) is 13.5 Å². The fourth-order valence-corrected chi connectivity index (χ4v) is 1.74. The standard InChI is InChI=1S/C15H13F3N2O2/c1-9-8-11(4-7-13(9)16)20-15(21)19-10-2-5-12(6-3-10)22-14(17)18/h2-8,14H,1H3,(H2,19,20,21). The van der Waals surface area contributed by atoms with Crippen LogP contribution in [0.5, 0.6) is 5.75 Å². The number of ether oxygens (including phenoxy) is 1. The average Bonchev–Trinajstić information content (AvgIpc) is 2.44. The third kappa shape index (κ3) is 4.41. The minimum atomic E-state index is -2.90. The molecule has 2 amide bonds. The summed E-state index contributed by atoms with van der Waals surface area (Å²) >= 11 is 0. The van der Waals surface area contributed by atoms with Gasteiger partial charge in [-0.05, 0) is 55.0 Å². The second kappa shape index (κ2) is 6.84. The number of amides is 2. The Kier molecular flexibility index (Phi) is 4.88. The van der Waals surface area contributed by atoms with Crippen LogP contribution >= 0.6 is 0 Å². The van der Waals surface area contributed by atoms with E-state index in [-0.39, 0.29) is 11.6 Å². The predicted molar refractivity (Wildman–Crippen MR) is 76.9 cm³/mol. The van der Waals surface area contributed by atoms with Gasteiger partial charge in [-0.25, -0.2) is 9.18 Å². The number of hydrogen-bond acceptors (Lipinski definition) is 2. The summed E-state index contributed by atoms with van der Waals surface area (Å²) in [5.41, 5.74) is 1.25. The summed E-state index contributed by atoms with van der Waals surface area (Å²) in [6, 6.07) is 9.11. The van der Waals surface area contributed by atoms with E-state index in [2.05, 4.69) is 15.4 Å². The molecule has 0 saturated carbocycles. The number of urea groups is 1. The molecule has 2 rings (SSSR count). The molecule has 116 valence electrons. The average molecular weight is 310 g/mol. The molecule has 0 heterocycles. The highest BCUT2D eigenvalue weighted by atomic mass is 19.3. The van der Waals surface area contributed by atoms with Gasteiger partial charge in [0.1, 0.15) is 11.6 Å². The maximum atomic E-state index is 13.1. The first-order valence-electron chi connectivity index (χ1n) is 6.33. The zero-order valence-corrected chi connectivity index (χ0v) is 11.6. The molecule has 0 aliphatic carbocycles. The molecule has 0 aliphatic heterocycles. The molecule has 22 heavy (non-hydrogen) atoms. The lowest BCUT2D eigenvalue weighted by Gasteiger charge is -2.09. The van der Waals surface area contributed by atoms with Crippen LogP contribution in [0.25, 0.3) is 0 Å². The molecular weight excluding hydrogens is 297 g/mol. The first-order valence-corrected chi connectivity index (χ1v) is 6.33. The van der Waals surface area contributed by atoms with Crippen molar-refractivity contribution < 1.29 is 22.7 Å². The van der Waals surface area contributed by atoms with Gasteiger partial charge in [0.15, 0.2) is 0 Å². The minimum Gasteiger partial charge on any atom is -0.435 e. The molecule has 0 saturated heterocycles. The van der Waals surface area contributed by atoms with E-state index in [4.69, 9.17) is 0 Å². The number of carbonyl (C=O) groups excluding carboxylic acids is 1. The van der Waals surface area contributed by atoms with E-state index in [1.807, 2.05) is 0 Å². The van der Waals surface area contributed by atoms with E-state index >= 15 is 0 Å². The van der Waals surface area contributed by atoms with E-state index < -0.39 is 12.6 Å². The number of anilines is 2. The molecule has 2 aromatic rings. The van der Waals surface area contributed by atoms with Crippen molar-refractivity contribution in [1.82, 2.24) is 0 Å². The molecule has 0 aliphatic rings. The van der Waals surface area contributed by atoms with Gasteiger partial charge in [0.25, 0.3) is 0 Å². The van der Waals surface area contributed by atoms with Crippen LogP contribution in [0.2, 0.25) is 0 Å². The molecule has 2 aromatic carbocycles. The van der Waals surface area contributed by atoms with E-state index in [1.54, 1.807) is 6.92 Å². The van der Waals surface area contributed by atoms with E-state index in [0.717, 1.165) is 0 Å². The molecule has 0 unspecified atom stereocenters. The first kappa shape index (κ1) is 15.7. The van der Waals surface area contributed by atoms with Crippen molar-refractivity contribution >= 4 is 17.4 Å². The Hall–Kier alpha value is -2.70. The number of rotatable bonds is 4. The van der Waals surface area contributed by atoms with Crippen LogP contribution in [0.4, 0.5) is 29.3 Å². The van der Waals surface area contributed by atoms with Crippen molar-refractivity contribution in [1.29, 1.82) is 0 Å². The van der Waals surface area contributed by atoms with Gasteiger partial charge in [-0.3, -0.25) is 0 Å². The summed E-state index contributed by atoms with van der Waals surface area (Å²) in [6.07, 6.45) is 0. The van der Waals surface area contributed by atoms with Gasteiger partial charge in [-0.1, -0.05) is 0 Å². The van der Waals surface area contributed by atoms with Crippen LogP contribution in [0.1, 0.15) is 5.56 Å². The smallest absolute Gasteiger partial charge is 0.387 e. The van der Waals surface area contributed by atoms with E-state index in [9.17, 15) is 18.0 Å². The normalized spacial score (nSPS) is 10.4. The van der Waals surface area contributed by atoms with Crippen LogP contribution in [0.3, 0.4) is 0 Å². The van der Waals surface area contributed by atoms with Crippen molar-refractivity contribution in [2.24, 2.45) is 0 Å². The number of nitrogens with one attached hydrogen (secondary N) is 2. The lowest BCUT2D eigenvalue weighted by atomic mass is 10.2. The Bertz CT molecular complexity index is 660. The van der Waals surface area contributed by atoms with Crippen molar-refractivity contribution in [2.75, 3.05) is 10.6 Å². The van der Waals surface area contributed by atoms with Crippen LogP contribution in [0, 0.1) is 12.7 Å². The SMILES string of the molecule is Cc1cc(NC(=O)Nc2ccc(OC(F)F)cc2)ccc1F. The zero-order valence-electron chi connectivity index (χ0n) is 11.6. The molecule has 0 spiro atoms. The lowest BCUT2D eigenvalue weighted by Crippen LogP contribution is -2.19. The Balaban J connectivity index is 1.95.